The number of esters is 1. The molecule has 33 heavy (non-hydrogen) atoms. The van der Waals surface area contributed by atoms with Gasteiger partial charge in [-0.1, -0.05) is 12.1 Å². The van der Waals surface area contributed by atoms with Gasteiger partial charge in [0, 0.05) is 17.4 Å². The molecule has 0 fully saturated rings. The molecule has 0 spiro atoms. The molecule has 9 nitrogen and oxygen atoms in total. The zero-order chi connectivity index (χ0) is 24.0. The van der Waals surface area contributed by atoms with Gasteiger partial charge in [-0.25, -0.2) is 13.2 Å². The van der Waals surface area contributed by atoms with Crippen LogP contribution in [-0.2, 0) is 14.8 Å². The quantitative estimate of drug-likeness (QED) is 0.365. The van der Waals surface area contributed by atoms with Crippen LogP contribution in [0, 0.1) is 6.92 Å². The fourth-order valence-corrected chi connectivity index (χ4v) is 4.16. The van der Waals surface area contributed by atoms with Gasteiger partial charge < -0.3 is 24.5 Å². The van der Waals surface area contributed by atoms with E-state index in [0.29, 0.717) is 49.1 Å². The van der Waals surface area contributed by atoms with E-state index in [4.69, 9.17) is 9.47 Å². The fraction of sp³-hybridized carbons (Fsp3) is 0.348. The molecule has 3 aromatic rings. The van der Waals surface area contributed by atoms with Gasteiger partial charge in [0.2, 0.25) is 10.0 Å². The van der Waals surface area contributed by atoms with Crippen molar-refractivity contribution in [3.63, 3.8) is 0 Å². The summed E-state index contributed by atoms with van der Waals surface area (Å²) in [6.45, 7) is 4.84. The van der Waals surface area contributed by atoms with Crippen LogP contribution in [0.3, 0.4) is 0 Å². The number of aliphatic hydroxyl groups excluding tert-OH is 1. The summed E-state index contributed by atoms with van der Waals surface area (Å²) in [5.41, 5.74) is 3.11. The largest absolute Gasteiger partial charge is 0.492 e. The number of carbonyl (C=O) groups is 1. The van der Waals surface area contributed by atoms with Gasteiger partial charge in [-0.15, -0.1) is 0 Å². The number of nitrogens with zero attached hydrogens (tertiary/aromatic N) is 1. The van der Waals surface area contributed by atoms with Crippen molar-refractivity contribution in [3.05, 3.63) is 53.7 Å². The maximum Gasteiger partial charge on any atom is 0.355 e. The van der Waals surface area contributed by atoms with E-state index in [1.165, 1.54) is 0 Å². The summed E-state index contributed by atoms with van der Waals surface area (Å²) in [6, 6.07) is 12.5. The van der Waals surface area contributed by atoms with Crippen molar-refractivity contribution in [1.82, 2.24) is 4.98 Å². The smallest absolute Gasteiger partial charge is 0.355 e. The van der Waals surface area contributed by atoms with E-state index in [0.717, 1.165) is 22.7 Å². The van der Waals surface area contributed by atoms with Crippen molar-refractivity contribution in [2.24, 2.45) is 0 Å². The van der Waals surface area contributed by atoms with Crippen molar-refractivity contribution in [2.45, 2.75) is 13.8 Å². The van der Waals surface area contributed by atoms with E-state index in [2.05, 4.69) is 9.71 Å². The second kappa shape index (κ2) is 10.6. The number of nitrogens with one attached hydrogen (secondary N) is 2. The summed E-state index contributed by atoms with van der Waals surface area (Å²) in [5.74, 6) is 0.237. The minimum Gasteiger partial charge on any atom is -0.492 e. The lowest BCUT2D eigenvalue weighted by molar-refractivity contribution is 0.0519. The number of aliphatic hydroxyl groups is 1. The van der Waals surface area contributed by atoms with E-state index in [1.807, 2.05) is 30.0 Å². The first-order chi connectivity index (χ1) is 15.7. The lowest BCUT2D eigenvalue weighted by atomic mass is 10.1. The Morgan fingerprint density at radius 1 is 1.18 bits per heavy atom. The molecular weight excluding hydrogens is 446 g/mol. The van der Waals surface area contributed by atoms with Gasteiger partial charge in [0.1, 0.15) is 18.1 Å². The fourth-order valence-electron chi connectivity index (χ4n) is 3.59. The molecule has 2 aromatic carbocycles. The van der Waals surface area contributed by atoms with E-state index >= 15 is 0 Å². The zero-order valence-corrected chi connectivity index (χ0v) is 19.7. The third-order valence-electron chi connectivity index (χ3n) is 5.05. The van der Waals surface area contributed by atoms with Crippen LogP contribution in [0.5, 0.6) is 5.75 Å². The van der Waals surface area contributed by atoms with Gasteiger partial charge in [-0.2, -0.15) is 0 Å². The molecule has 0 atom stereocenters. The average Bonchev–Trinajstić information content (AvgIpc) is 3.09. The minimum atomic E-state index is -3.45. The molecule has 0 bridgehead atoms. The number of anilines is 2. The number of ether oxygens (including phenoxy) is 2. The maximum absolute atomic E-state index is 12.1. The van der Waals surface area contributed by atoms with Gasteiger partial charge in [0.25, 0.3) is 0 Å². The van der Waals surface area contributed by atoms with E-state index in [-0.39, 0.29) is 6.61 Å². The Balaban J connectivity index is 1.74. The van der Waals surface area contributed by atoms with Crippen LogP contribution in [0.15, 0.2) is 42.5 Å². The van der Waals surface area contributed by atoms with Crippen molar-refractivity contribution >= 4 is 38.3 Å². The molecule has 0 aliphatic heterocycles. The number of aromatic nitrogens is 1. The van der Waals surface area contributed by atoms with Crippen molar-refractivity contribution in [1.29, 1.82) is 0 Å². The van der Waals surface area contributed by atoms with Crippen LogP contribution in [0.2, 0.25) is 0 Å². The Kier molecular flexibility index (Phi) is 7.83. The second-order valence-electron chi connectivity index (χ2n) is 7.50. The molecule has 0 saturated carbocycles. The standard InChI is InChI=1S/C23H29N3O6S/c1-4-31-23(28)22-16(2)18-15-17(9-10-19(18)24-22)32-14-12-26(11-13-27)21-8-6-5-7-20(21)25-33(3,29)30/h5-10,15,24-25,27H,4,11-14H2,1-3H3. The number of hydrogen-bond donors (Lipinski definition) is 3. The van der Waals surface area contributed by atoms with Crippen LogP contribution < -0.4 is 14.4 Å². The lowest BCUT2D eigenvalue weighted by Gasteiger charge is -2.26. The third-order valence-corrected chi connectivity index (χ3v) is 5.64. The number of benzene rings is 2. The summed E-state index contributed by atoms with van der Waals surface area (Å²) < 4.78 is 37.0. The summed E-state index contributed by atoms with van der Waals surface area (Å²) in [4.78, 5) is 17.1. The Labute approximate surface area is 193 Å². The van der Waals surface area contributed by atoms with Crippen LogP contribution >= 0.6 is 0 Å². The molecule has 178 valence electrons. The first kappa shape index (κ1) is 24.4. The predicted molar refractivity (Wildman–Crippen MR) is 129 cm³/mol. The monoisotopic (exact) mass is 475 g/mol. The molecule has 1 heterocycles. The molecule has 0 amide bonds. The Morgan fingerprint density at radius 2 is 1.94 bits per heavy atom. The first-order valence-electron chi connectivity index (χ1n) is 10.6. The number of para-hydroxylation sites is 2. The number of H-pyrrole nitrogens is 1. The number of rotatable bonds is 11. The number of hydrogen-bond acceptors (Lipinski definition) is 7. The van der Waals surface area contributed by atoms with Crippen molar-refractivity contribution in [3.8, 4) is 5.75 Å². The van der Waals surface area contributed by atoms with E-state index in [1.54, 1.807) is 31.2 Å². The molecule has 10 heteroatoms. The predicted octanol–water partition coefficient (Wildman–Crippen LogP) is 2.90. The maximum atomic E-state index is 12.1. The second-order valence-corrected chi connectivity index (χ2v) is 9.25. The first-order valence-corrected chi connectivity index (χ1v) is 12.5. The van der Waals surface area contributed by atoms with Gasteiger partial charge in [-0.05, 0) is 49.7 Å². The number of sulfonamides is 1. The van der Waals surface area contributed by atoms with Gasteiger partial charge in [0.15, 0.2) is 0 Å². The number of aromatic amines is 1. The number of aryl methyl sites for hydroxylation is 1. The molecule has 0 saturated heterocycles. The Hall–Kier alpha value is -3.24. The van der Waals surface area contributed by atoms with Crippen LogP contribution in [0.4, 0.5) is 11.4 Å². The summed E-state index contributed by atoms with van der Waals surface area (Å²) in [6.07, 6.45) is 1.09. The Bertz CT molecular complexity index is 1220. The van der Waals surface area contributed by atoms with E-state index < -0.39 is 16.0 Å². The topological polar surface area (TPSA) is 121 Å². The molecule has 0 aliphatic rings. The lowest BCUT2D eigenvalue weighted by Crippen LogP contribution is -2.32. The molecule has 3 rings (SSSR count). The molecule has 0 aliphatic carbocycles. The van der Waals surface area contributed by atoms with Crippen LogP contribution in [0.25, 0.3) is 10.9 Å². The highest BCUT2D eigenvalue weighted by atomic mass is 32.2. The van der Waals surface area contributed by atoms with Gasteiger partial charge >= 0.3 is 5.97 Å². The van der Waals surface area contributed by atoms with Crippen LogP contribution in [0.1, 0.15) is 23.0 Å². The summed E-state index contributed by atoms with van der Waals surface area (Å²) in [7, 11) is -3.45. The third kappa shape index (κ3) is 6.17. The zero-order valence-electron chi connectivity index (χ0n) is 18.9. The Morgan fingerprint density at radius 3 is 2.64 bits per heavy atom. The number of carbonyl (C=O) groups excluding carboxylic acids is 1. The minimum absolute atomic E-state index is 0.0989. The summed E-state index contributed by atoms with van der Waals surface area (Å²) >= 11 is 0. The molecule has 3 N–H and O–H groups in total. The molecule has 0 unspecified atom stereocenters. The van der Waals surface area contributed by atoms with Crippen molar-refractivity contribution in [2.75, 3.05) is 48.8 Å². The average molecular weight is 476 g/mol. The van der Waals surface area contributed by atoms with Crippen molar-refractivity contribution < 1.29 is 27.8 Å². The number of fused-ring (bicyclic) bond motifs is 1. The SMILES string of the molecule is CCOC(=O)c1[nH]c2ccc(OCCN(CCO)c3ccccc3NS(C)(=O)=O)cc2c1C. The highest BCUT2D eigenvalue weighted by Gasteiger charge is 2.17. The van der Waals surface area contributed by atoms with Gasteiger partial charge in [0.05, 0.1) is 37.4 Å². The van der Waals surface area contributed by atoms with Crippen LogP contribution in [-0.4, -0.2) is 63.6 Å². The normalized spacial score (nSPS) is 11.4. The molecule has 0 radical (unpaired) electrons. The highest BCUT2D eigenvalue weighted by Crippen LogP contribution is 2.28. The molecular formula is C23H29N3O6S. The highest BCUT2D eigenvalue weighted by molar-refractivity contribution is 7.92. The molecule has 1 aromatic heterocycles. The summed E-state index contributed by atoms with van der Waals surface area (Å²) in [5, 5.41) is 10.4. The van der Waals surface area contributed by atoms with Gasteiger partial charge in [-0.3, -0.25) is 4.72 Å². The van der Waals surface area contributed by atoms with E-state index in [9.17, 15) is 18.3 Å².